The number of halogens is 3. The zero-order valence-corrected chi connectivity index (χ0v) is 19.0. The number of aryl methyl sites for hydroxylation is 1. The number of alkyl halides is 3. The van der Waals surface area contributed by atoms with Gasteiger partial charge in [0.1, 0.15) is 5.75 Å². The second-order valence-electron chi connectivity index (χ2n) is 7.46. The maximum Gasteiger partial charge on any atom is 0.573 e. The third-order valence-electron chi connectivity index (χ3n) is 4.74. The SMILES string of the molecule is CCCOC(C)c1ccc(C(=O)Nc2cccc(Oc3ccccc3OC(F)(F)F)c2)c(C)n1. The van der Waals surface area contributed by atoms with Crippen molar-refractivity contribution in [3.63, 3.8) is 0 Å². The second-order valence-corrected chi connectivity index (χ2v) is 7.46. The van der Waals surface area contributed by atoms with E-state index in [1.54, 1.807) is 37.3 Å². The molecule has 34 heavy (non-hydrogen) atoms. The molecule has 0 fully saturated rings. The molecule has 1 unspecified atom stereocenters. The third kappa shape index (κ3) is 6.95. The summed E-state index contributed by atoms with van der Waals surface area (Å²) in [5.74, 6) is -0.735. The standard InChI is InChI=1S/C25H25F3N2O4/c1-4-14-32-17(3)21-13-12-20(16(2)29-21)24(31)30-18-8-7-9-19(15-18)33-22-10-5-6-11-23(22)34-25(26,27)28/h5-13,15,17H,4,14H2,1-3H3,(H,30,31). The van der Waals surface area contributed by atoms with E-state index >= 15 is 0 Å². The zero-order chi connectivity index (χ0) is 24.7. The van der Waals surface area contributed by atoms with Crippen LogP contribution in [0.2, 0.25) is 0 Å². The molecule has 6 nitrogen and oxygen atoms in total. The molecule has 0 saturated carbocycles. The molecular weight excluding hydrogens is 449 g/mol. The number of para-hydroxylation sites is 2. The second kappa shape index (κ2) is 11.0. The van der Waals surface area contributed by atoms with E-state index in [-0.39, 0.29) is 23.5 Å². The Balaban J connectivity index is 1.72. The summed E-state index contributed by atoms with van der Waals surface area (Å²) in [6.07, 6.45) is -4.14. The Morgan fingerprint density at radius 2 is 1.79 bits per heavy atom. The first-order valence-electron chi connectivity index (χ1n) is 10.7. The van der Waals surface area contributed by atoms with Crippen molar-refractivity contribution in [2.45, 2.75) is 39.7 Å². The number of nitrogens with one attached hydrogen (secondary N) is 1. The maximum absolute atomic E-state index is 12.8. The Morgan fingerprint density at radius 3 is 2.47 bits per heavy atom. The van der Waals surface area contributed by atoms with Gasteiger partial charge in [-0.25, -0.2) is 0 Å². The van der Waals surface area contributed by atoms with Crippen molar-refractivity contribution < 1.29 is 32.2 Å². The van der Waals surface area contributed by atoms with Crippen LogP contribution in [0, 0.1) is 6.92 Å². The minimum Gasteiger partial charge on any atom is -0.453 e. The molecule has 1 aromatic heterocycles. The first-order chi connectivity index (χ1) is 16.2. The average molecular weight is 474 g/mol. The smallest absolute Gasteiger partial charge is 0.453 e. The highest BCUT2D eigenvalue weighted by Gasteiger charge is 2.32. The number of hydrogen-bond acceptors (Lipinski definition) is 5. The lowest BCUT2D eigenvalue weighted by atomic mass is 10.1. The number of aromatic nitrogens is 1. The van der Waals surface area contributed by atoms with E-state index in [1.807, 2.05) is 13.8 Å². The van der Waals surface area contributed by atoms with E-state index in [1.165, 1.54) is 24.3 Å². The highest BCUT2D eigenvalue weighted by Crippen LogP contribution is 2.35. The van der Waals surface area contributed by atoms with E-state index in [9.17, 15) is 18.0 Å². The van der Waals surface area contributed by atoms with Gasteiger partial charge in [0.05, 0.1) is 23.1 Å². The highest BCUT2D eigenvalue weighted by molar-refractivity contribution is 6.05. The summed E-state index contributed by atoms with van der Waals surface area (Å²) in [6.45, 7) is 6.28. The van der Waals surface area contributed by atoms with Gasteiger partial charge in [-0.05, 0) is 56.7 Å². The van der Waals surface area contributed by atoms with E-state index in [0.717, 1.165) is 18.2 Å². The number of ether oxygens (including phenoxy) is 3. The number of hydrogen-bond donors (Lipinski definition) is 1. The highest BCUT2D eigenvalue weighted by atomic mass is 19.4. The summed E-state index contributed by atoms with van der Waals surface area (Å²) in [4.78, 5) is 17.3. The van der Waals surface area contributed by atoms with Crippen LogP contribution in [0.1, 0.15) is 48.1 Å². The number of benzene rings is 2. The largest absolute Gasteiger partial charge is 0.573 e. The van der Waals surface area contributed by atoms with Crippen LogP contribution in [0.4, 0.5) is 18.9 Å². The Bertz CT molecular complexity index is 1140. The molecule has 3 rings (SSSR count). The first-order valence-corrected chi connectivity index (χ1v) is 10.7. The van der Waals surface area contributed by atoms with Crippen LogP contribution in [-0.4, -0.2) is 23.9 Å². The van der Waals surface area contributed by atoms with E-state index < -0.39 is 12.1 Å². The van der Waals surface area contributed by atoms with Crippen molar-refractivity contribution in [3.8, 4) is 17.2 Å². The molecule has 0 saturated heterocycles. The molecule has 3 aromatic rings. The van der Waals surface area contributed by atoms with Gasteiger partial charge in [0.15, 0.2) is 11.5 Å². The summed E-state index contributed by atoms with van der Waals surface area (Å²) in [5, 5.41) is 2.76. The van der Waals surface area contributed by atoms with Crippen LogP contribution in [0.5, 0.6) is 17.2 Å². The van der Waals surface area contributed by atoms with Crippen molar-refractivity contribution >= 4 is 11.6 Å². The molecule has 1 atom stereocenters. The fourth-order valence-corrected chi connectivity index (χ4v) is 3.13. The van der Waals surface area contributed by atoms with Crippen molar-refractivity contribution in [1.29, 1.82) is 0 Å². The monoisotopic (exact) mass is 474 g/mol. The molecule has 0 bridgehead atoms. The topological polar surface area (TPSA) is 69.7 Å². The van der Waals surface area contributed by atoms with Gasteiger partial charge in [0, 0.05) is 18.4 Å². The normalized spacial score (nSPS) is 12.2. The number of nitrogens with zero attached hydrogens (tertiary/aromatic N) is 1. The minimum atomic E-state index is -4.85. The van der Waals surface area contributed by atoms with Gasteiger partial charge in [-0.2, -0.15) is 0 Å². The lowest BCUT2D eigenvalue weighted by Crippen LogP contribution is -2.17. The zero-order valence-electron chi connectivity index (χ0n) is 19.0. The van der Waals surface area contributed by atoms with Gasteiger partial charge >= 0.3 is 6.36 Å². The number of rotatable bonds is 9. The molecular formula is C25H25F3N2O4. The van der Waals surface area contributed by atoms with Crippen molar-refractivity contribution in [3.05, 3.63) is 77.6 Å². The summed E-state index contributed by atoms with van der Waals surface area (Å²) in [6, 6.07) is 15.2. The van der Waals surface area contributed by atoms with Gasteiger partial charge in [0.25, 0.3) is 5.91 Å². The van der Waals surface area contributed by atoms with E-state index in [2.05, 4.69) is 15.0 Å². The Labute approximate surface area is 195 Å². The van der Waals surface area contributed by atoms with Crippen molar-refractivity contribution in [1.82, 2.24) is 4.98 Å². The van der Waals surface area contributed by atoms with Crippen LogP contribution in [0.3, 0.4) is 0 Å². The van der Waals surface area contributed by atoms with Crippen LogP contribution in [0.15, 0.2) is 60.7 Å². The summed E-state index contributed by atoms with van der Waals surface area (Å²) in [5.41, 5.74) is 2.08. The van der Waals surface area contributed by atoms with Crippen LogP contribution < -0.4 is 14.8 Å². The molecule has 1 amide bonds. The lowest BCUT2D eigenvalue weighted by molar-refractivity contribution is -0.275. The van der Waals surface area contributed by atoms with Crippen LogP contribution >= 0.6 is 0 Å². The minimum absolute atomic E-state index is 0.113. The van der Waals surface area contributed by atoms with Gasteiger partial charge in [-0.3, -0.25) is 9.78 Å². The van der Waals surface area contributed by atoms with Gasteiger partial charge in [-0.15, -0.1) is 13.2 Å². The van der Waals surface area contributed by atoms with Crippen molar-refractivity contribution in [2.24, 2.45) is 0 Å². The maximum atomic E-state index is 12.8. The number of anilines is 1. The van der Waals surface area contributed by atoms with Gasteiger partial charge in [0.2, 0.25) is 0 Å². The molecule has 0 aliphatic heterocycles. The summed E-state index contributed by atoms with van der Waals surface area (Å²) in [7, 11) is 0. The van der Waals surface area contributed by atoms with Crippen LogP contribution in [-0.2, 0) is 4.74 Å². The third-order valence-corrected chi connectivity index (χ3v) is 4.74. The molecule has 0 aliphatic rings. The lowest BCUT2D eigenvalue weighted by Gasteiger charge is -2.15. The number of pyridine rings is 1. The Hall–Kier alpha value is -3.59. The molecule has 1 heterocycles. The quantitative estimate of drug-likeness (QED) is 0.368. The number of carbonyl (C=O) groups is 1. The Morgan fingerprint density at radius 1 is 1.06 bits per heavy atom. The molecule has 180 valence electrons. The molecule has 0 radical (unpaired) electrons. The summed E-state index contributed by atoms with van der Waals surface area (Å²) < 4.78 is 53.2. The molecule has 0 spiro atoms. The predicted octanol–water partition coefficient (Wildman–Crippen LogP) is 6.82. The van der Waals surface area contributed by atoms with E-state index in [0.29, 0.717) is 23.6 Å². The fraction of sp³-hybridized carbons (Fsp3) is 0.280. The predicted molar refractivity (Wildman–Crippen MR) is 121 cm³/mol. The molecule has 2 aromatic carbocycles. The van der Waals surface area contributed by atoms with Crippen LogP contribution in [0.25, 0.3) is 0 Å². The number of amides is 1. The van der Waals surface area contributed by atoms with Gasteiger partial charge < -0.3 is 19.5 Å². The van der Waals surface area contributed by atoms with E-state index in [4.69, 9.17) is 9.47 Å². The van der Waals surface area contributed by atoms with Crippen molar-refractivity contribution in [2.75, 3.05) is 11.9 Å². The first kappa shape index (κ1) is 25.0. The molecule has 1 N–H and O–H groups in total. The fourth-order valence-electron chi connectivity index (χ4n) is 3.13. The van der Waals surface area contributed by atoms with Gasteiger partial charge in [-0.1, -0.05) is 25.1 Å². The Kier molecular flexibility index (Phi) is 8.12. The molecule has 9 heteroatoms. The average Bonchev–Trinajstić information content (AvgIpc) is 2.78. The summed E-state index contributed by atoms with van der Waals surface area (Å²) >= 11 is 0. The number of carbonyl (C=O) groups excluding carboxylic acids is 1. The molecule has 0 aliphatic carbocycles.